The molecule has 5 nitrogen and oxygen atoms in total. The Labute approximate surface area is 77.0 Å². The average Bonchev–Trinajstić information content (AvgIpc) is 2.16. The Kier molecular flexibility index (Phi) is 3.25. The molecule has 1 atom stereocenters. The van der Waals surface area contributed by atoms with Crippen LogP contribution < -0.4 is 5.32 Å². The Hall–Kier alpha value is -1.10. The third kappa shape index (κ3) is 2.18. The van der Waals surface area contributed by atoms with E-state index in [1.54, 1.807) is 7.05 Å². The first-order valence-corrected chi connectivity index (χ1v) is 4.23. The molecule has 1 saturated heterocycles. The van der Waals surface area contributed by atoms with Crippen LogP contribution >= 0.6 is 0 Å². The first-order valence-electron chi connectivity index (χ1n) is 4.23. The predicted octanol–water partition coefficient (Wildman–Crippen LogP) is -1.02. The molecule has 74 valence electrons. The number of carbonyl (C=O) groups excluding carboxylic acids is 2. The van der Waals surface area contributed by atoms with Crippen molar-refractivity contribution >= 4 is 11.8 Å². The van der Waals surface area contributed by atoms with Crippen LogP contribution in [0.5, 0.6) is 0 Å². The number of nitrogens with one attached hydrogen (secondary N) is 1. The van der Waals surface area contributed by atoms with Crippen LogP contribution in [0.1, 0.15) is 6.92 Å². The van der Waals surface area contributed by atoms with Crippen molar-refractivity contribution in [2.75, 3.05) is 26.8 Å². The number of amides is 2. The summed E-state index contributed by atoms with van der Waals surface area (Å²) in [6.07, 6.45) is 0. The molecule has 0 aromatic carbocycles. The second-order valence-electron chi connectivity index (χ2n) is 2.92. The normalized spacial score (nSPS) is 22.6. The summed E-state index contributed by atoms with van der Waals surface area (Å²) in [6.45, 7) is 2.75. The zero-order chi connectivity index (χ0) is 9.84. The Bertz CT molecular complexity index is 217. The van der Waals surface area contributed by atoms with Gasteiger partial charge in [0.25, 0.3) is 0 Å². The maximum absolute atomic E-state index is 11.3. The lowest BCUT2D eigenvalue weighted by atomic mass is 10.2. The fraction of sp³-hybridized carbons (Fsp3) is 0.750. The molecule has 0 aromatic heterocycles. The van der Waals surface area contributed by atoms with E-state index in [0.717, 1.165) is 0 Å². The summed E-state index contributed by atoms with van der Waals surface area (Å²) < 4.78 is 5.13. The van der Waals surface area contributed by atoms with Crippen molar-refractivity contribution in [2.45, 2.75) is 13.0 Å². The van der Waals surface area contributed by atoms with E-state index in [9.17, 15) is 9.59 Å². The molecule has 1 aliphatic rings. The second kappa shape index (κ2) is 4.23. The summed E-state index contributed by atoms with van der Waals surface area (Å²) in [7, 11) is 1.55. The maximum Gasteiger partial charge on any atom is 0.244 e. The van der Waals surface area contributed by atoms with Crippen LogP contribution in [-0.4, -0.2) is 49.6 Å². The van der Waals surface area contributed by atoms with Gasteiger partial charge in [0.2, 0.25) is 11.8 Å². The third-order valence-corrected chi connectivity index (χ3v) is 2.08. The summed E-state index contributed by atoms with van der Waals surface area (Å²) in [6, 6.07) is -0.462. The molecule has 13 heavy (non-hydrogen) atoms. The van der Waals surface area contributed by atoms with Gasteiger partial charge in [0.15, 0.2) is 0 Å². The molecule has 1 aliphatic heterocycles. The lowest BCUT2D eigenvalue weighted by Crippen LogP contribution is -2.54. The zero-order valence-electron chi connectivity index (χ0n) is 7.87. The lowest BCUT2D eigenvalue weighted by Gasteiger charge is -2.33. The van der Waals surface area contributed by atoms with Crippen LogP contribution in [0.3, 0.4) is 0 Å². The van der Waals surface area contributed by atoms with Crippen LogP contribution in [-0.2, 0) is 14.3 Å². The van der Waals surface area contributed by atoms with Gasteiger partial charge < -0.3 is 15.0 Å². The number of morpholine rings is 1. The van der Waals surface area contributed by atoms with Gasteiger partial charge in [-0.15, -0.1) is 0 Å². The summed E-state index contributed by atoms with van der Waals surface area (Å²) >= 11 is 0. The van der Waals surface area contributed by atoms with E-state index in [2.05, 4.69) is 5.32 Å². The minimum absolute atomic E-state index is 0.0862. The highest BCUT2D eigenvalue weighted by atomic mass is 16.5. The van der Waals surface area contributed by atoms with E-state index >= 15 is 0 Å². The minimum atomic E-state index is -0.462. The second-order valence-corrected chi connectivity index (χ2v) is 2.92. The Balaban J connectivity index is 2.67. The monoisotopic (exact) mass is 186 g/mol. The highest BCUT2D eigenvalue weighted by molar-refractivity contribution is 5.87. The first kappa shape index (κ1) is 9.98. The minimum Gasteiger partial charge on any atom is -0.377 e. The van der Waals surface area contributed by atoms with E-state index < -0.39 is 6.04 Å². The molecule has 1 fully saturated rings. The van der Waals surface area contributed by atoms with Crippen LogP contribution in [0.25, 0.3) is 0 Å². The molecular formula is C8H14N2O3. The molecule has 5 heteroatoms. The molecule has 0 aliphatic carbocycles. The summed E-state index contributed by atoms with van der Waals surface area (Å²) in [5.41, 5.74) is 0. The van der Waals surface area contributed by atoms with Crippen molar-refractivity contribution in [2.24, 2.45) is 0 Å². The van der Waals surface area contributed by atoms with Crippen LogP contribution in [0, 0.1) is 0 Å². The summed E-state index contributed by atoms with van der Waals surface area (Å²) in [5, 5.41) is 2.51. The number of hydrogen-bond acceptors (Lipinski definition) is 3. The average molecular weight is 186 g/mol. The van der Waals surface area contributed by atoms with E-state index in [1.807, 2.05) is 0 Å². The predicted molar refractivity (Wildman–Crippen MR) is 46.1 cm³/mol. The number of rotatable bonds is 1. The van der Waals surface area contributed by atoms with Gasteiger partial charge in [-0.2, -0.15) is 0 Å². The van der Waals surface area contributed by atoms with Crippen molar-refractivity contribution in [1.82, 2.24) is 10.2 Å². The van der Waals surface area contributed by atoms with Gasteiger partial charge in [-0.25, -0.2) is 0 Å². The third-order valence-electron chi connectivity index (χ3n) is 2.08. The standard InChI is InChI=1S/C8H14N2O3/c1-6(11)10-3-4-13-5-7(10)8(12)9-2/h7H,3-5H2,1-2H3,(H,9,12). The Morgan fingerprint density at radius 1 is 1.54 bits per heavy atom. The Morgan fingerprint density at radius 2 is 2.23 bits per heavy atom. The van der Waals surface area contributed by atoms with E-state index in [1.165, 1.54) is 11.8 Å². The van der Waals surface area contributed by atoms with Gasteiger partial charge in [-0.3, -0.25) is 9.59 Å². The SMILES string of the molecule is CNC(=O)C1COCCN1C(C)=O. The lowest BCUT2D eigenvalue weighted by molar-refractivity contribution is -0.146. The summed E-state index contributed by atoms with van der Waals surface area (Å²) in [5.74, 6) is -0.258. The van der Waals surface area contributed by atoms with Crippen LogP contribution in [0.15, 0.2) is 0 Å². The number of carbonyl (C=O) groups is 2. The molecule has 0 bridgehead atoms. The van der Waals surface area contributed by atoms with Gasteiger partial charge in [0.05, 0.1) is 13.2 Å². The number of likely N-dealkylation sites (N-methyl/N-ethyl adjacent to an activating group) is 1. The maximum atomic E-state index is 11.3. The van der Waals surface area contributed by atoms with Gasteiger partial charge in [-0.05, 0) is 0 Å². The molecule has 1 heterocycles. The van der Waals surface area contributed by atoms with E-state index in [-0.39, 0.29) is 11.8 Å². The van der Waals surface area contributed by atoms with Gasteiger partial charge in [0.1, 0.15) is 6.04 Å². The molecule has 0 aromatic rings. The fourth-order valence-electron chi connectivity index (χ4n) is 1.36. The first-order chi connectivity index (χ1) is 6.16. The molecule has 1 rings (SSSR count). The molecule has 0 saturated carbocycles. The molecule has 1 unspecified atom stereocenters. The van der Waals surface area contributed by atoms with Crippen molar-refractivity contribution in [3.05, 3.63) is 0 Å². The Morgan fingerprint density at radius 3 is 2.77 bits per heavy atom. The van der Waals surface area contributed by atoms with Gasteiger partial charge >= 0.3 is 0 Å². The topological polar surface area (TPSA) is 58.6 Å². The number of nitrogens with zero attached hydrogens (tertiary/aromatic N) is 1. The smallest absolute Gasteiger partial charge is 0.244 e. The summed E-state index contributed by atoms with van der Waals surface area (Å²) in [4.78, 5) is 23.9. The van der Waals surface area contributed by atoms with Gasteiger partial charge in [-0.1, -0.05) is 0 Å². The van der Waals surface area contributed by atoms with Crippen LogP contribution in [0.2, 0.25) is 0 Å². The number of ether oxygens (including phenoxy) is 1. The van der Waals surface area contributed by atoms with Crippen molar-refractivity contribution in [3.63, 3.8) is 0 Å². The highest BCUT2D eigenvalue weighted by Crippen LogP contribution is 2.06. The fourth-order valence-corrected chi connectivity index (χ4v) is 1.36. The van der Waals surface area contributed by atoms with Crippen LogP contribution in [0.4, 0.5) is 0 Å². The van der Waals surface area contributed by atoms with Crippen molar-refractivity contribution in [1.29, 1.82) is 0 Å². The van der Waals surface area contributed by atoms with E-state index in [4.69, 9.17) is 4.74 Å². The van der Waals surface area contributed by atoms with E-state index in [0.29, 0.717) is 19.8 Å². The molecule has 1 N–H and O–H groups in total. The molecule has 0 spiro atoms. The zero-order valence-corrected chi connectivity index (χ0v) is 7.87. The van der Waals surface area contributed by atoms with Crippen molar-refractivity contribution < 1.29 is 14.3 Å². The largest absolute Gasteiger partial charge is 0.377 e. The molecule has 2 amide bonds. The van der Waals surface area contributed by atoms with Gasteiger partial charge in [0, 0.05) is 20.5 Å². The number of hydrogen-bond donors (Lipinski definition) is 1. The highest BCUT2D eigenvalue weighted by Gasteiger charge is 2.30. The quantitative estimate of drug-likeness (QED) is 0.570. The van der Waals surface area contributed by atoms with Crippen molar-refractivity contribution in [3.8, 4) is 0 Å². The molecule has 0 radical (unpaired) electrons. The molecular weight excluding hydrogens is 172 g/mol.